The van der Waals surface area contributed by atoms with E-state index in [1.165, 1.54) is 4.68 Å². The molecule has 78 valence electrons. The second kappa shape index (κ2) is 4.27. The van der Waals surface area contributed by atoms with Crippen LogP contribution in [0.4, 0.5) is 4.79 Å². The Labute approximate surface area is 91.1 Å². The standard InChI is InChI=1S/C10H10N2O2S/c1-2-14-10(13)12-8(5-6-11-12)9-4-3-7-15-9/h3-7H,2H2,1H3. The van der Waals surface area contributed by atoms with Crippen LogP contribution in [0.25, 0.3) is 10.6 Å². The Morgan fingerprint density at radius 2 is 2.47 bits per heavy atom. The van der Waals surface area contributed by atoms with Crippen LogP contribution in [0, 0.1) is 0 Å². The molecule has 0 saturated carbocycles. The van der Waals surface area contributed by atoms with Gasteiger partial charge in [-0.1, -0.05) is 6.07 Å². The Bertz CT molecular complexity index is 448. The number of rotatable bonds is 2. The Hall–Kier alpha value is -1.62. The van der Waals surface area contributed by atoms with E-state index < -0.39 is 6.09 Å². The van der Waals surface area contributed by atoms with Crippen molar-refractivity contribution in [3.8, 4) is 10.6 Å². The highest BCUT2D eigenvalue weighted by Gasteiger charge is 2.13. The van der Waals surface area contributed by atoms with Crippen LogP contribution in [0.3, 0.4) is 0 Å². The SMILES string of the molecule is CCOC(=O)n1nccc1-c1cccs1. The van der Waals surface area contributed by atoms with Crippen LogP contribution < -0.4 is 0 Å². The van der Waals surface area contributed by atoms with Gasteiger partial charge in [0.25, 0.3) is 0 Å². The van der Waals surface area contributed by atoms with Crippen LogP contribution in [0.2, 0.25) is 0 Å². The molecule has 0 aromatic carbocycles. The van der Waals surface area contributed by atoms with Gasteiger partial charge in [0.1, 0.15) is 0 Å². The molecular formula is C10H10N2O2S. The third kappa shape index (κ3) is 1.92. The fraction of sp³-hybridized carbons (Fsp3) is 0.200. The van der Waals surface area contributed by atoms with E-state index in [1.807, 2.05) is 17.5 Å². The zero-order chi connectivity index (χ0) is 10.7. The molecule has 0 saturated heterocycles. The molecule has 2 heterocycles. The summed E-state index contributed by atoms with van der Waals surface area (Å²) >= 11 is 1.56. The molecule has 2 aromatic rings. The van der Waals surface area contributed by atoms with Gasteiger partial charge in [0, 0.05) is 0 Å². The lowest BCUT2D eigenvalue weighted by molar-refractivity contribution is 0.151. The summed E-state index contributed by atoms with van der Waals surface area (Å²) in [6.45, 7) is 2.12. The lowest BCUT2D eigenvalue weighted by atomic mass is 10.3. The van der Waals surface area contributed by atoms with Crippen molar-refractivity contribution < 1.29 is 9.53 Å². The van der Waals surface area contributed by atoms with Crippen LogP contribution in [0.5, 0.6) is 0 Å². The van der Waals surface area contributed by atoms with Gasteiger partial charge in [0.05, 0.1) is 23.4 Å². The minimum Gasteiger partial charge on any atom is -0.448 e. The second-order valence-corrected chi connectivity index (χ2v) is 3.75. The molecule has 0 spiro atoms. The molecule has 0 unspecified atom stereocenters. The number of nitrogens with zero attached hydrogens (tertiary/aromatic N) is 2. The molecule has 15 heavy (non-hydrogen) atoms. The fourth-order valence-electron chi connectivity index (χ4n) is 1.24. The van der Waals surface area contributed by atoms with Crippen molar-refractivity contribution in [1.29, 1.82) is 0 Å². The molecule has 0 amide bonds. The molecule has 0 N–H and O–H groups in total. The van der Waals surface area contributed by atoms with E-state index in [9.17, 15) is 4.79 Å². The van der Waals surface area contributed by atoms with Crippen molar-refractivity contribution in [2.24, 2.45) is 0 Å². The van der Waals surface area contributed by atoms with Crippen LogP contribution in [-0.4, -0.2) is 22.5 Å². The van der Waals surface area contributed by atoms with Gasteiger partial charge in [-0.2, -0.15) is 9.78 Å². The number of aromatic nitrogens is 2. The van der Waals surface area contributed by atoms with Gasteiger partial charge in [-0.05, 0) is 24.4 Å². The Morgan fingerprint density at radius 1 is 1.60 bits per heavy atom. The first-order valence-electron chi connectivity index (χ1n) is 4.58. The van der Waals surface area contributed by atoms with Crippen LogP contribution >= 0.6 is 11.3 Å². The van der Waals surface area contributed by atoms with Crippen molar-refractivity contribution in [3.05, 3.63) is 29.8 Å². The first-order valence-corrected chi connectivity index (χ1v) is 5.46. The molecule has 0 aliphatic rings. The molecule has 2 aromatic heterocycles. The summed E-state index contributed by atoms with van der Waals surface area (Å²) in [4.78, 5) is 12.5. The third-order valence-electron chi connectivity index (χ3n) is 1.86. The molecule has 0 atom stereocenters. The third-order valence-corrected chi connectivity index (χ3v) is 2.75. The predicted molar refractivity (Wildman–Crippen MR) is 58.0 cm³/mol. The van der Waals surface area contributed by atoms with Crippen molar-refractivity contribution in [2.45, 2.75) is 6.92 Å². The lowest BCUT2D eigenvalue weighted by Gasteiger charge is -2.03. The molecule has 5 heteroatoms. The highest BCUT2D eigenvalue weighted by Crippen LogP contribution is 2.24. The maximum atomic E-state index is 11.5. The van der Waals surface area contributed by atoms with Crippen molar-refractivity contribution in [2.75, 3.05) is 6.61 Å². The Kier molecular flexibility index (Phi) is 2.82. The summed E-state index contributed by atoms with van der Waals surface area (Å²) in [5.41, 5.74) is 0.767. The van der Waals surface area contributed by atoms with Gasteiger partial charge < -0.3 is 4.74 Å². The molecule has 0 radical (unpaired) electrons. The highest BCUT2D eigenvalue weighted by atomic mass is 32.1. The van der Waals surface area contributed by atoms with Gasteiger partial charge in [0.2, 0.25) is 0 Å². The molecule has 0 aliphatic carbocycles. The van der Waals surface area contributed by atoms with Gasteiger partial charge in [-0.3, -0.25) is 0 Å². The Balaban J connectivity index is 2.34. The van der Waals surface area contributed by atoms with Crippen LogP contribution in [0.1, 0.15) is 6.92 Å². The van der Waals surface area contributed by atoms with E-state index in [2.05, 4.69) is 5.10 Å². The van der Waals surface area contributed by atoms with E-state index >= 15 is 0 Å². The Morgan fingerprint density at radius 3 is 3.13 bits per heavy atom. The first-order chi connectivity index (χ1) is 7.33. The van der Waals surface area contributed by atoms with E-state index in [-0.39, 0.29) is 0 Å². The van der Waals surface area contributed by atoms with Crippen LogP contribution in [-0.2, 0) is 4.74 Å². The second-order valence-electron chi connectivity index (χ2n) is 2.80. The van der Waals surface area contributed by atoms with Crippen molar-refractivity contribution in [1.82, 2.24) is 9.78 Å². The van der Waals surface area contributed by atoms with E-state index in [4.69, 9.17) is 4.74 Å². The largest absolute Gasteiger partial charge is 0.448 e. The monoisotopic (exact) mass is 222 g/mol. The molecule has 4 nitrogen and oxygen atoms in total. The van der Waals surface area contributed by atoms with Crippen molar-refractivity contribution >= 4 is 17.4 Å². The first kappa shape index (κ1) is 9.92. The molecule has 0 bridgehead atoms. The topological polar surface area (TPSA) is 44.1 Å². The number of thiophene rings is 1. The fourth-order valence-corrected chi connectivity index (χ4v) is 1.98. The summed E-state index contributed by atoms with van der Waals surface area (Å²) < 4.78 is 6.16. The summed E-state index contributed by atoms with van der Waals surface area (Å²) in [6.07, 6.45) is 1.15. The number of hydrogen-bond donors (Lipinski definition) is 0. The summed E-state index contributed by atoms with van der Waals surface area (Å²) in [5.74, 6) is 0. The number of ether oxygens (including phenoxy) is 1. The predicted octanol–water partition coefficient (Wildman–Crippen LogP) is 2.62. The van der Waals surface area contributed by atoms with Gasteiger partial charge >= 0.3 is 6.09 Å². The summed E-state index contributed by atoms with van der Waals surface area (Å²) in [7, 11) is 0. The molecule has 2 rings (SSSR count). The quantitative estimate of drug-likeness (QED) is 0.784. The maximum Gasteiger partial charge on any atom is 0.435 e. The average molecular weight is 222 g/mol. The number of carbonyl (C=O) groups excluding carboxylic acids is 1. The normalized spacial score (nSPS) is 10.2. The smallest absolute Gasteiger partial charge is 0.435 e. The molecule has 0 aliphatic heterocycles. The number of carbonyl (C=O) groups is 1. The minimum absolute atomic E-state index is 0.350. The van der Waals surface area contributed by atoms with E-state index in [0.29, 0.717) is 6.61 Å². The van der Waals surface area contributed by atoms with Gasteiger partial charge in [0.15, 0.2) is 0 Å². The summed E-state index contributed by atoms with van der Waals surface area (Å²) in [6, 6.07) is 5.67. The van der Waals surface area contributed by atoms with Gasteiger partial charge in [-0.25, -0.2) is 4.79 Å². The lowest BCUT2D eigenvalue weighted by Crippen LogP contribution is -2.15. The molecular weight excluding hydrogens is 212 g/mol. The van der Waals surface area contributed by atoms with Gasteiger partial charge in [-0.15, -0.1) is 11.3 Å². The van der Waals surface area contributed by atoms with E-state index in [0.717, 1.165) is 10.6 Å². The number of hydrogen-bond acceptors (Lipinski definition) is 4. The van der Waals surface area contributed by atoms with Crippen molar-refractivity contribution in [3.63, 3.8) is 0 Å². The maximum absolute atomic E-state index is 11.5. The highest BCUT2D eigenvalue weighted by molar-refractivity contribution is 7.13. The minimum atomic E-state index is -0.439. The average Bonchev–Trinajstić information content (AvgIpc) is 2.88. The zero-order valence-corrected chi connectivity index (χ0v) is 9.03. The van der Waals surface area contributed by atoms with E-state index in [1.54, 1.807) is 30.5 Å². The molecule has 0 fully saturated rings. The zero-order valence-electron chi connectivity index (χ0n) is 8.21. The van der Waals surface area contributed by atoms with Crippen LogP contribution in [0.15, 0.2) is 29.8 Å². The summed E-state index contributed by atoms with van der Waals surface area (Å²) in [5, 5.41) is 5.90.